The average molecular weight is 474 g/mol. The van der Waals surface area contributed by atoms with E-state index in [-0.39, 0.29) is 11.1 Å². The van der Waals surface area contributed by atoms with Crippen LogP contribution in [0.3, 0.4) is 0 Å². The Morgan fingerprint density at radius 2 is 1.65 bits per heavy atom. The van der Waals surface area contributed by atoms with Crippen molar-refractivity contribution in [2.24, 2.45) is 0 Å². The lowest BCUT2D eigenvalue weighted by Crippen LogP contribution is -2.33. The molecule has 0 aliphatic carbocycles. The summed E-state index contributed by atoms with van der Waals surface area (Å²) < 4.78 is 81.4. The fraction of sp³-hybridized carbons (Fsp3) is 0.182. The summed E-state index contributed by atoms with van der Waals surface area (Å²) in [5.41, 5.74) is -3.79. The van der Waals surface area contributed by atoms with Gasteiger partial charge in [0.15, 0.2) is 0 Å². The summed E-state index contributed by atoms with van der Waals surface area (Å²) in [5.74, 6) is -1.50. The Bertz CT molecular complexity index is 1450. The quantitative estimate of drug-likeness (QED) is 0.495. The Hall–Kier alpha value is -4.32. The molecule has 1 atom stereocenters. The number of fused-ring (bicyclic) bond motifs is 1. The van der Waals surface area contributed by atoms with Gasteiger partial charge in [-0.05, 0) is 36.8 Å². The van der Waals surface area contributed by atoms with E-state index in [1.54, 1.807) is 13.0 Å². The highest BCUT2D eigenvalue weighted by molar-refractivity contribution is 5.83. The molecule has 0 amide bonds. The maximum atomic E-state index is 13.9. The van der Waals surface area contributed by atoms with Gasteiger partial charge in [-0.2, -0.15) is 42.0 Å². The molecular weight excluding hydrogens is 462 g/mol. The Balaban J connectivity index is 2.02. The maximum Gasteiger partial charge on any atom is 0.433 e. The molecule has 2 N–H and O–H groups in total. The average Bonchev–Trinajstić information content (AvgIpc) is 3.16. The van der Waals surface area contributed by atoms with Crippen LogP contribution in [0.25, 0.3) is 16.6 Å². The van der Waals surface area contributed by atoms with Crippen LogP contribution in [0.5, 0.6) is 0 Å². The molecule has 0 spiro atoms. The molecular formula is C22H12F6N6. The minimum absolute atomic E-state index is 0.165. The van der Waals surface area contributed by atoms with E-state index in [4.69, 9.17) is 0 Å². The van der Waals surface area contributed by atoms with Crippen LogP contribution in [0.4, 0.5) is 26.3 Å². The van der Waals surface area contributed by atoms with E-state index in [1.807, 2.05) is 5.32 Å². The number of rotatable bonds is 2. The molecule has 0 saturated carbocycles. The number of dihydropyridines is 1. The van der Waals surface area contributed by atoms with E-state index in [0.29, 0.717) is 22.7 Å². The van der Waals surface area contributed by atoms with E-state index >= 15 is 0 Å². The topological polar surface area (TPSA) is 101 Å². The number of alkyl halides is 6. The number of aromatic amines is 1. The third-order valence-electron chi connectivity index (χ3n) is 5.30. The van der Waals surface area contributed by atoms with Gasteiger partial charge in [-0.1, -0.05) is 12.1 Å². The van der Waals surface area contributed by atoms with Crippen molar-refractivity contribution in [1.82, 2.24) is 20.5 Å². The molecule has 1 aliphatic heterocycles. The first-order valence-corrected chi connectivity index (χ1v) is 9.57. The van der Waals surface area contributed by atoms with Gasteiger partial charge in [0.25, 0.3) is 0 Å². The van der Waals surface area contributed by atoms with Crippen molar-refractivity contribution in [1.29, 1.82) is 10.5 Å². The number of nitrogens with zero attached hydrogens (tertiary/aromatic N) is 4. The maximum absolute atomic E-state index is 13.9. The Morgan fingerprint density at radius 3 is 2.26 bits per heavy atom. The molecule has 12 heteroatoms. The fourth-order valence-electron chi connectivity index (χ4n) is 3.77. The molecule has 0 bridgehead atoms. The Kier molecular flexibility index (Phi) is 5.32. The van der Waals surface area contributed by atoms with Crippen LogP contribution in [0.15, 0.2) is 53.2 Å². The number of pyridine rings is 1. The zero-order valence-electron chi connectivity index (χ0n) is 17.1. The summed E-state index contributed by atoms with van der Waals surface area (Å²) in [4.78, 5) is 3.43. The van der Waals surface area contributed by atoms with Crippen LogP contribution in [-0.2, 0) is 6.18 Å². The molecule has 0 radical (unpaired) electrons. The second-order valence-electron chi connectivity index (χ2n) is 7.38. The van der Waals surface area contributed by atoms with E-state index < -0.39 is 46.6 Å². The van der Waals surface area contributed by atoms with Crippen LogP contribution in [0.2, 0.25) is 0 Å². The van der Waals surface area contributed by atoms with Crippen molar-refractivity contribution in [3.63, 3.8) is 0 Å². The van der Waals surface area contributed by atoms with E-state index in [0.717, 1.165) is 12.1 Å². The number of nitrogens with one attached hydrogen (secondary N) is 2. The molecule has 1 aromatic carbocycles. The normalized spacial score (nSPS) is 16.9. The molecule has 3 heterocycles. The predicted molar refractivity (Wildman–Crippen MR) is 107 cm³/mol. The lowest BCUT2D eigenvalue weighted by Gasteiger charge is -2.29. The van der Waals surface area contributed by atoms with Crippen molar-refractivity contribution in [2.75, 3.05) is 0 Å². The molecule has 6 nitrogen and oxygen atoms in total. The number of halogens is 6. The van der Waals surface area contributed by atoms with Crippen LogP contribution in [0, 0.1) is 29.6 Å². The minimum atomic E-state index is -5.06. The Labute approximate surface area is 187 Å². The largest absolute Gasteiger partial charge is 0.433 e. The number of hydrogen-bond donors (Lipinski definition) is 2. The van der Waals surface area contributed by atoms with Gasteiger partial charge >= 0.3 is 12.4 Å². The molecule has 0 fully saturated rings. The molecule has 1 aliphatic rings. The van der Waals surface area contributed by atoms with Crippen molar-refractivity contribution in [3.05, 3.63) is 75.9 Å². The van der Waals surface area contributed by atoms with Gasteiger partial charge in [-0.3, -0.25) is 5.10 Å². The van der Waals surface area contributed by atoms with E-state index in [1.165, 1.54) is 24.3 Å². The highest BCUT2D eigenvalue weighted by atomic mass is 19.4. The van der Waals surface area contributed by atoms with Crippen LogP contribution < -0.4 is 5.32 Å². The fourth-order valence-corrected chi connectivity index (χ4v) is 3.77. The first kappa shape index (κ1) is 22.9. The molecule has 172 valence electrons. The van der Waals surface area contributed by atoms with Gasteiger partial charge in [0, 0.05) is 5.39 Å². The third kappa shape index (κ3) is 3.83. The molecule has 4 rings (SSSR count). The Morgan fingerprint density at radius 1 is 0.941 bits per heavy atom. The first-order valence-electron chi connectivity index (χ1n) is 9.57. The standard InChI is InChI=1S/C22H12F6N6/c1-10-12-7-11(5-6-15(12)34-33-10)18-13(8-29)19(32-20(14(18)9-30)22(26,27)28)16-3-2-4-17(31-16)21(23,24)25/h2-7,18,32H,1H3,(H,33,34). The number of aryl methyl sites for hydroxylation is 1. The number of H-pyrrole nitrogens is 1. The summed E-state index contributed by atoms with van der Waals surface area (Å²) in [6.07, 6.45) is -9.92. The van der Waals surface area contributed by atoms with Gasteiger partial charge in [-0.25, -0.2) is 4.98 Å². The molecule has 3 aromatic rings. The summed E-state index contributed by atoms with van der Waals surface area (Å²) in [6.45, 7) is 1.66. The number of nitriles is 2. The van der Waals surface area contributed by atoms with Gasteiger partial charge in [0.1, 0.15) is 11.4 Å². The molecule has 1 unspecified atom stereocenters. The second kappa shape index (κ2) is 7.92. The molecule has 2 aromatic heterocycles. The van der Waals surface area contributed by atoms with E-state index in [2.05, 4.69) is 15.2 Å². The SMILES string of the molecule is Cc1n[nH]c2ccc(C3C(C#N)=C(c4cccc(C(F)(F)F)n4)NC(C(F)(F)F)=C3C#N)cc12. The lowest BCUT2D eigenvalue weighted by molar-refractivity contribution is -0.141. The highest BCUT2D eigenvalue weighted by Crippen LogP contribution is 2.44. The summed E-state index contributed by atoms with van der Waals surface area (Å²) in [6, 6.07) is 10.4. The van der Waals surface area contributed by atoms with Gasteiger partial charge in [0.05, 0.1) is 51.8 Å². The summed E-state index contributed by atoms with van der Waals surface area (Å²) in [7, 11) is 0. The van der Waals surface area contributed by atoms with Gasteiger partial charge in [-0.15, -0.1) is 0 Å². The number of benzene rings is 1. The summed E-state index contributed by atoms with van der Waals surface area (Å²) in [5, 5.41) is 28.8. The second-order valence-corrected chi connectivity index (χ2v) is 7.38. The predicted octanol–water partition coefficient (Wildman–Crippen LogP) is 5.25. The van der Waals surface area contributed by atoms with Crippen molar-refractivity contribution >= 4 is 16.6 Å². The first-order chi connectivity index (χ1) is 16.0. The van der Waals surface area contributed by atoms with Crippen LogP contribution in [-0.4, -0.2) is 21.4 Å². The third-order valence-corrected chi connectivity index (χ3v) is 5.30. The number of allylic oxidation sites excluding steroid dienone is 3. The van der Waals surface area contributed by atoms with Gasteiger partial charge in [0.2, 0.25) is 0 Å². The van der Waals surface area contributed by atoms with Crippen LogP contribution >= 0.6 is 0 Å². The molecule has 0 saturated heterocycles. The van der Waals surface area contributed by atoms with Crippen molar-refractivity contribution < 1.29 is 26.3 Å². The van der Waals surface area contributed by atoms with Crippen LogP contribution in [0.1, 0.15) is 28.6 Å². The van der Waals surface area contributed by atoms with Crippen molar-refractivity contribution in [3.8, 4) is 12.1 Å². The zero-order chi connectivity index (χ0) is 24.8. The van der Waals surface area contributed by atoms with E-state index in [9.17, 15) is 36.9 Å². The number of aromatic nitrogens is 3. The summed E-state index contributed by atoms with van der Waals surface area (Å²) >= 11 is 0. The molecule has 34 heavy (non-hydrogen) atoms. The van der Waals surface area contributed by atoms with Crippen molar-refractivity contribution in [2.45, 2.75) is 25.2 Å². The highest BCUT2D eigenvalue weighted by Gasteiger charge is 2.45. The minimum Gasteiger partial charge on any atom is -0.348 e. The monoisotopic (exact) mass is 474 g/mol. The lowest BCUT2D eigenvalue weighted by atomic mass is 9.80. The smallest absolute Gasteiger partial charge is 0.348 e. The zero-order valence-corrected chi connectivity index (χ0v) is 17.1. The van der Waals surface area contributed by atoms with Gasteiger partial charge < -0.3 is 5.32 Å². The number of hydrogen-bond acceptors (Lipinski definition) is 5.